The van der Waals surface area contributed by atoms with Crippen LogP contribution in [-0.2, 0) is 0 Å². The van der Waals surface area contributed by atoms with E-state index >= 15 is 0 Å². The summed E-state index contributed by atoms with van der Waals surface area (Å²) in [6.45, 7) is 0. The molecule has 2 N–H and O–H groups in total. The molecule has 0 aliphatic heterocycles. The quantitative estimate of drug-likeness (QED) is 0.737. The lowest BCUT2D eigenvalue weighted by Gasteiger charge is -2.13. The number of carbonyl (C=O) groups is 1. The van der Waals surface area contributed by atoms with Gasteiger partial charge in [0.05, 0.1) is 23.1 Å². The zero-order valence-electron chi connectivity index (χ0n) is 14.2. The minimum atomic E-state index is -0.182. The second-order valence-electron chi connectivity index (χ2n) is 5.79. The summed E-state index contributed by atoms with van der Waals surface area (Å²) in [4.78, 5) is 18.9. The van der Waals surface area contributed by atoms with E-state index in [2.05, 4.69) is 15.6 Å². The zero-order valence-corrected chi connectivity index (χ0v) is 14.2. The van der Waals surface area contributed by atoms with Gasteiger partial charge in [0, 0.05) is 19.8 Å². The van der Waals surface area contributed by atoms with Gasteiger partial charge < -0.3 is 15.5 Å². The Morgan fingerprint density at radius 1 is 0.880 bits per heavy atom. The maximum atomic E-state index is 12.7. The first-order valence-corrected chi connectivity index (χ1v) is 7.99. The van der Waals surface area contributed by atoms with Gasteiger partial charge in [-0.15, -0.1) is 0 Å². The molecule has 3 rings (SSSR count). The van der Waals surface area contributed by atoms with Crippen LogP contribution in [0.3, 0.4) is 0 Å². The standard InChI is InChI=1S/C20H20N4O/c1-24(2)19-13-12-16(14-21-19)23-20(25)17-10-6-7-11-18(17)22-15-8-4-3-5-9-15/h3-14,22H,1-2H3,(H,23,25). The summed E-state index contributed by atoms with van der Waals surface area (Å²) in [6, 6.07) is 20.9. The molecule has 0 spiro atoms. The predicted molar refractivity (Wildman–Crippen MR) is 103 cm³/mol. The molecule has 0 saturated carbocycles. The fraction of sp³-hybridized carbons (Fsp3) is 0.100. The molecule has 5 nitrogen and oxygen atoms in total. The minimum absolute atomic E-state index is 0.182. The van der Waals surface area contributed by atoms with Crippen LogP contribution in [0.4, 0.5) is 22.9 Å². The monoisotopic (exact) mass is 332 g/mol. The van der Waals surface area contributed by atoms with Crippen LogP contribution in [0.2, 0.25) is 0 Å². The third-order valence-electron chi connectivity index (χ3n) is 3.69. The van der Waals surface area contributed by atoms with Gasteiger partial charge in [-0.2, -0.15) is 0 Å². The molecule has 1 amide bonds. The van der Waals surface area contributed by atoms with Crippen molar-refractivity contribution >= 4 is 28.8 Å². The number of hydrogen-bond acceptors (Lipinski definition) is 4. The third-order valence-corrected chi connectivity index (χ3v) is 3.69. The van der Waals surface area contributed by atoms with E-state index in [1.165, 1.54) is 0 Å². The summed E-state index contributed by atoms with van der Waals surface area (Å²) >= 11 is 0. The molecule has 0 aliphatic carbocycles. The van der Waals surface area contributed by atoms with Gasteiger partial charge in [0.15, 0.2) is 0 Å². The molecule has 0 saturated heterocycles. The van der Waals surface area contributed by atoms with Crippen molar-refractivity contribution in [3.63, 3.8) is 0 Å². The molecule has 0 atom stereocenters. The van der Waals surface area contributed by atoms with E-state index in [0.29, 0.717) is 11.3 Å². The van der Waals surface area contributed by atoms with E-state index in [1.54, 1.807) is 12.3 Å². The molecule has 126 valence electrons. The summed E-state index contributed by atoms with van der Waals surface area (Å²) in [5.41, 5.74) is 2.91. The second-order valence-corrected chi connectivity index (χ2v) is 5.79. The number of nitrogens with zero attached hydrogens (tertiary/aromatic N) is 2. The Labute approximate surface area is 147 Å². The molecule has 0 radical (unpaired) electrons. The molecule has 25 heavy (non-hydrogen) atoms. The van der Waals surface area contributed by atoms with Crippen molar-refractivity contribution in [2.24, 2.45) is 0 Å². The number of hydrogen-bond donors (Lipinski definition) is 2. The zero-order chi connectivity index (χ0) is 17.6. The maximum Gasteiger partial charge on any atom is 0.257 e. The molecule has 3 aromatic rings. The highest BCUT2D eigenvalue weighted by molar-refractivity contribution is 6.08. The van der Waals surface area contributed by atoms with Gasteiger partial charge in [0.1, 0.15) is 5.82 Å². The van der Waals surface area contributed by atoms with Gasteiger partial charge in [-0.1, -0.05) is 30.3 Å². The fourth-order valence-corrected chi connectivity index (χ4v) is 2.39. The number of nitrogens with one attached hydrogen (secondary N) is 2. The number of aromatic nitrogens is 1. The largest absolute Gasteiger partial charge is 0.363 e. The maximum absolute atomic E-state index is 12.7. The van der Waals surface area contributed by atoms with Crippen molar-refractivity contribution < 1.29 is 4.79 Å². The van der Waals surface area contributed by atoms with E-state index in [-0.39, 0.29) is 5.91 Å². The molecule has 1 aromatic heterocycles. The lowest BCUT2D eigenvalue weighted by atomic mass is 10.1. The molecule has 0 fully saturated rings. The molecule has 5 heteroatoms. The van der Waals surface area contributed by atoms with Crippen LogP contribution in [0.1, 0.15) is 10.4 Å². The van der Waals surface area contributed by atoms with Gasteiger partial charge in [0.2, 0.25) is 0 Å². The topological polar surface area (TPSA) is 57.3 Å². The van der Waals surface area contributed by atoms with Crippen molar-refractivity contribution in [2.45, 2.75) is 0 Å². The van der Waals surface area contributed by atoms with Gasteiger partial charge in [0.25, 0.3) is 5.91 Å². The summed E-state index contributed by atoms with van der Waals surface area (Å²) in [5.74, 6) is 0.655. The fourth-order valence-electron chi connectivity index (χ4n) is 2.39. The summed E-state index contributed by atoms with van der Waals surface area (Å²) in [6.07, 6.45) is 1.65. The second kappa shape index (κ2) is 7.49. The predicted octanol–water partition coefficient (Wildman–Crippen LogP) is 4.14. The van der Waals surface area contributed by atoms with Gasteiger partial charge in [-0.05, 0) is 36.4 Å². The van der Waals surface area contributed by atoms with Gasteiger partial charge in [-0.25, -0.2) is 4.98 Å². The Bertz CT molecular complexity index is 845. The number of carbonyl (C=O) groups excluding carboxylic acids is 1. The van der Waals surface area contributed by atoms with Crippen molar-refractivity contribution in [3.05, 3.63) is 78.5 Å². The molecule has 2 aromatic carbocycles. The van der Waals surface area contributed by atoms with Crippen LogP contribution in [0, 0.1) is 0 Å². The molecular formula is C20H20N4O. The Morgan fingerprint density at radius 3 is 2.28 bits per heavy atom. The number of amides is 1. The van der Waals surface area contributed by atoms with Crippen LogP contribution >= 0.6 is 0 Å². The lowest BCUT2D eigenvalue weighted by molar-refractivity contribution is 0.102. The van der Waals surface area contributed by atoms with E-state index < -0.39 is 0 Å². The molecular weight excluding hydrogens is 312 g/mol. The highest BCUT2D eigenvalue weighted by atomic mass is 16.1. The first-order valence-electron chi connectivity index (χ1n) is 7.99. The van der Waals surface area contributed by atoms with E-state index in [0.717, 1.165) is 17.2 Å². The number of para-hydroxylation sites is 2. The number of benzene rings is 2. The highest BCUT2D eigenvalue weighted by Crippen LogP contribution is 2.22. The SMILES string of the molecule is CN(C)c1ccc(NC(=O)c2ccccc2Nc2ccccc2)cn1. The summed E-state index contributed by atoms with van der Waals surface area (Å²) < 4.78 is 0. The highest BCUT2D eigenvalue weighted by Gasteiger charge is 2.11. The van der Waals surface area contributed by atoms with Crippen LogP contribution in [0.5, 0.6) is 0 Å². The summed E-state index contributed by atoms with van der Waals surface area (Å²) in [5, 5.41) is 6.17. The lowest BCUT2D eigenvalue weighted by Crippen LogP contribution is -2.15. The van der Waals surface area contributed by atoms with Crippen LogP contribution in [0.15, 0.2) is 72.9 Å². The normalized spacial score (nSPS) is 10.2. The van der Waals surface area contributed by atoms with Crippen molar-refractivity contribution in [3.8, 4) is 0 Å². The van der Waals surface area contributed by atoms with Gasteiger partial charge >= 0.3 is 0 Å². The smallest absolute Gasteiger partial charge is 0.257 e. The van der Waals surface area contributed by atoms with Crippen molar-refractivity contribution in [2.75, 3.05) is 29.6 Å². The van der Waals surface area contributed by atoms with Gasteiger partial charge in [-0.3, -0.25) is 4.79 Å². The first-order chi connectivity index (χ1) is 12.1. The Hall–Kier alpha value is -3.34. The van der Waals surface area contributed by atoms with E-state index in [1.807, 2.05) is 79.7 Å². The van der Waals surface area contributed by atoms with E-state index in [9.17, 15) is 4.79 Å². The van der Waals surface area contributed by atoms with Crippen molar-refractivity contribution in [1.82, 2.24) is 4.98 Å². The van der Waals surface area contributed by atoms with E-state index in [4.69, 9.17) is 0 Å². The first kappa shape index (κ1) is 16.5. The van der Waals surface area contributed by atoms with Crippen LogP contribution < -0.4 is 15.5 Å². The summed E-state index contributed by atoms with van der Waals surface area (Å²) in [7, 11) is 3.85. The number of pyridine rings is 1. The average Bonchev–Trinajstić information content (AvgIpc) is 2.63. The number of anilines is 4. The Morgan fingerprint density at radius 2 is 1.60 bits per heavy atom. The van der Waals surface area contributed by atoms with Crippen molar-refractivity contribution in [1.29, 1.82) is 0 Å². The molecule has 0 aliphatic rings. The molecule has 1 heterocycles. The Kier molecular flexibility index (Phi) is 4.95. The Balaban J connectivity index is 1.78. The van der Waals surface area contributed by atoms with Crippen LogP contribution in [-0.4, -0.2) is 25.0 Å². The molecule has 0 unspecified atom stereocenters. The minimum Gasteiger partial charge on any atom is -0.363 e. The molecule has 0 bridgehead atoms. The third kappa shape index (κ3) is 4.14. The van der Waals surface area contributed by atoms with Crippen LogP contribution in [0.25, 0.3) is 0 Å². The average molecular weight is 332 g/mol. The number of rotatable bonds is 5.